The minimum atomic E-state index is 0.589. The van der Waals surface area contributed by atoms with E-state index in [1.54, 1.807) is 0 Å². The van der Waals surface area contributed by atoms with Crippen molar-refractivity contribution in [3.8, 4) is 0 Å². The fourth-order valence-electron chi connectivity index (χ4n) is 4.31. The summed E-state index contributed by atoms with van der Waals surface area (Å²) >= 11 is 0. The second kappa shape index (κ2) is 7.49. The summed E-state index contributed by atoms with van der Waals surface area (Å²) in [6.45, 7) is 2.41. The second-order valence-electron chi connectivity index (χ2n) is 6.83. The summed E-state index contributed by atoms with van der Waals surface area (Å²) in [5, 5.41) is 0. The molecule has 2 nitrogen and oxygen atoms in total. The molecule has 0 bridgehead atoms. The van der Waals surface area contributed by atoms with Crippen LogP contribution in [0.3, 0.4) is 0 Å². The van der Waals surface area contributed by atoms with Gasteiger partial charge in [0.25, 0.3) is 0 Å². The number of hydrogen-bond acceptors (Lipinski definition) is 2. The summed E-state index contributed by atoms with van der Waals surface area (Å²) in [7, 11) is 0. The van der Waals surface area contributed by atoms with Gasteiger partial charge >= 0.3 is 0 Å². The number of nitrogens with two attached hydrogens (primary N) is 1. The van der Waals surface area contributed by atoms with Crippen molar-refractivity contribution in [1.82, 2.24) is 5.43 Å². The van der Waals surface area contributed by atoms with Gasteiger partial charge in [0.15, 0.2) is 0 Å². The van der Waals surface area contributed by atoms with Crippen LogP contribution in [0.15, 0.2) is 0 Å². The first-order chi connectivity index (χ1) is 8.81. The minimum absolute atomic E-state index is 0.589. The molecule has 3 unspecified atom stereocenters. The SMILES string of the molecule is CC1CCCC(C(NN)C2CCCCCCC2)C1. The average Bonchev–Trinajstić information content (AvgIpc) is 2.32. The lowest BCUT2D eigenvalue weighted by molar-refractivity contribution is 0.158. The summed E-state index contributed by atoms with van der Waals surface area (Å²) in [6.07, 6.45) is 15.6. The number of hydrogen-bond donors (Lipinski definition) is 2. The van der Waals surface area contributed by atoms with Gasteiger partial charge in [0.1, 0.15) is 0 Å². The molecule has 3 N–H and O–H groups in total. The molecule has 0 aromatic carbocycles. The van der Waals surface area contributed by atoms with E-state index in [-0.39, 0.29) is 0 Å². The maximum Gasteiger partial charge on any atom is 0.0267 e. The van der Waals surface area contributed by atoms with Crippen LogP contribution in [0.5, 0.6) is 0 Å². The fourth-order valence-corrected chi connectivity index (χ4v) is 4.31. The molecule has 106 valence electrons. The van der Waals surface area contributed by atoms with E-state index in [1.165, 1.54) is 70.6 Å². The lowest BCUT2D eigenvalue weighted by atomic mass is 9.72. The molecule has 0 saturated heterocycles. The molecule has 0 spiro atoms. The molecule has 0 aliphatic heterocycles. The zero-order chi connectivity index (χ0) is 12.8. The third-order valence-electron chi connectivity index (χ3n) is 5.33. The van der Waals surface area contributed by atoms with Gasteiger partial charge in [0.2, 0.25) is 0 Å². The highest BCUT2D eigenvalue weighted by molar-refractivity contribution is 4.85. The van der Waals surface area contributed by atoms with Gasteiger partial charge in [-0.2, -0.15) is 0 Å². The first-order valence-corrected chi connectivity index (χ1v) is 8.27. The van der Waals surface area contributed by atoms with Crippen molar-refractivity contribution >= 4 is 0 Å². The van der Waals surface area contributed by atoms with Gasteiger partial charge in [-0.25, -0.2) is 0 Å². The molecule has 2 heteroatoms. The number of rotatable bonds is 3. The molecule has 2 aliphatic rings. The Morgan fingerprint density at radius 3 is 2.06 bits per heavy atom. The van der Waals surface area contributed by atoms with Crippen molar-refractivity contribution in [1.29, 1.82) is 0 Å². The van der Waals surface area contributed by atoms with Crippen LogP contribution in [0.4, 0.5) is 0 Å². The van der Waals surface area contributed by atoms with Crippen LogP contribution >= 0.6 is 0 Å². The van der Waals surface area contributed by atoms with E-state index in [0.29, 0.717) is 6.04 Å². The average molecular weight is 252 g/mol. The predicted octanol–water partition coefficient (Wildman–Crippen LogP) is 4.01. The summed E-state index contributed by atoms with van der Waals surface area (Å²) in [6, 6.07) is 0.589. The summed E-state index contributed by atoms with van der Waals surface area (Å²) in [4.78, 5) is 0. The van der Waals surface area contributed by atoms with Crippen molar-refractivity contribution in [2.75, 3.05) is 0 Å². The van der Waals surface area contributed by atoms with Gasteiger partial charge in [-0.1, -0.05) is 51.9 Å². The largest absolute Gasteiger partial charge is 0.271 e. The first-order valence-electron chi connectivity index (χ1n) is 8.27. The standard InChI is InChI=1S/C16H32N2/c1-13-8-7-11-15(12-13)16(18-17)14-9-5-3-2-4-6-10-14/h13-16,18H,2-12,17H2,1H3. The molecule has 0 aromatic rings. The maximum atomic E-state index is 5.92. The predicted molar refractivity (Wildman–Crippen MR) is 78.0 cm³/mol. The molecule has 2 aliphatic carbocycles. The van der Waals surface area contributed by atoms with Crippen molar-refractivity contribution in [3.05, 3.63) is 0 Å². The lowest BCUT2D eigenvalue weighted by Gasteiger charge is -2.38. The Labute approximate surface area is 113 Å². The van der Waals surface area contributed by atoms with Gasteiger partial charge < -0.3 is 0 Å². The van der Waals surface area contributed by atoms with Crippen molar-refractivity contribution < 1.29 is 0 Å². The second-order valence-corrected chi connectivity index (χ2v) is 6.83. The molecule has 18 heavy (non-hydrogen) atoms. The zero-order valence-corrected chi connectivity index (χ0v) is 12.2. The number of nitrogens with one attached hydrogen (secondary N) is 1. The third kappa shape index (κ3) is 3.96. The molecule has 2 saturated carbocycles. The van der Waals surface area contributed by atoms with E-state index in [2.05, 4.69) is 12.3 Å². The van der Waals surface area contributed by atoms with Crippen LogP contribution in [0.1, 0.15) is 77.6 Å². The highest BCUT2D eigenvalue weighted by Gasteiger charge is 2.31. The Balaban J connectivity index is 1.92. The van der Waals surface area contributed by atoms with E-state index in [1.807, 2.05) is 0 Å². The summed E-state index contributed by atoms with van der Waals surface area (Å²) in [5.74, 6) is 8.51. The minimum Gasteiger partial charge on any atom is -0.271 e. The van der Waals surface area contributed by atoms with E-state index in [4.69, 9.17) is 5.84 Å². The van der Waals surface area contributed by atoms with Crippen LogP contribution in [-0.2, 0) is 0 Å². The van der Waals surface area contributed by atoms with Gasteiger partial charge in [0, 0.05) is 6.04 Å². The Kier molecular flexibility index (Phi) is 5.97. The van der Waals surface area contributed by atoms with Crippen LogP contribution in [0.25, 0.3) is 0 Å². The smallest absolute Gasteiger partial charge is 0.0267 e. The lowest BCUT2D eigenvalue weighted by Crippen LogP contribution is -2.47. The van der Waals surface area contributed by atoms with Crippen LogP contribution in [0, 0.1) is 17.8 Å². The Hall–Kier alpha value is -0.0800. The van der Waals surface area contributed by atoms with Crippen molar-refractivity contribution in [2.45, 2.75) is 83.6 Å². The van der Waals surface area contributed by atoms with Gasteiger partial charge in [-0.05, 0) is 43.4 Å². The summed E-state index contributed by atoms with van der Waals surface area (Å²) in [5.41, 5.74) is 3.21. The molecule has 2 rings (SSSR count). The zero-order valence-electron chi connectivity index (χ0n) is 12.2. The highest BCUT2D eigenvalue weighted by atomic mass is 15.2. The molecule has 0 radical (unpaired) electrons. The summed E-state index contributed by atoms with van der Waals surface area (Å²) < 4.78 is 0. The Morgan fingerprint density at radius 2 is 1.44 bits per heavy atom. The van der Waals surface area contributed by atoms with E-state index in [9.17, 15) is 0 Å². The molecule has 2 fully saturated rings. The topological polar surface area (TPSA) is 38.0 Å². The Morgan fingerprint density at radius 1 is 0.833 bits per heavy atom. The highest BCUT2D eigenvalue weighted by Crippen LogP contribution is 2.36. The molecular formula is C16H32N2. The van der Waals surface area contributed by atoms with Gasteiger partial charge in [-0.15, -0.1) is 0 Å². The van der Waals surface area contributed by atoms with E-state index < -0.39 is 0 Å². The third-order valence-corrected chi connectivity index (χ3v) is 5.33. The number of hydrazine groups is 1. The quantitative estimate of drug-likeness (QED) is 0.588. The first kappa shape index (κ1) is 14.3. The van der Waals surface area contributed by atoms with Crippen LogP contribution < -0.4 is 11.3 Å². The molecular weight excluding hydrogens is 220 g/mol. The van der Waals surface area contributed by atoms with E-state index in [0.717, 1.165) is 17.8 Å². The van der Waals surface area contributed by atoms with Crippen molar-refractivity contribution in [2.24, 2.45) is 23.6 Å². The Bertz CT molecular complexity index is 221. The van der Waals surface area contributed by atoms with Crippen molar-refractivity contribution in [3.63, 3.8) is 0 Å². The van der Waals surface area contributed by atoms with Crippen LogP contribution in [-0.4, -0.2) is 6.04 Å². The molecule has 0 heterocycles. The normalized spacial score (nSPS) is 33.7. The van der Waals surface area contributed by atoms with Crippen LogP contribution in [0.2, 0.25) is 0 Å². The van der Waals surface area contributed by atoms with E-state index >= 15 is 0 Å². The van der Waals surface area contributed by atoms with Gasteiger partial charge in [-0.3, -0.25) is 11.3 Å². The molecule has 0 aromatic heterocycles. The maximum absolute atomic E-state index is 5.92. The molecule has 0 amide bonds. The fraction of sp³-hybridized carbons (Fsp3) is 1.00. The molecule has 3 atom stereocenters. The van der Waals surface area contributed by atoms with Gasteiger partial charge in [0.05, 0.1) is 0 Å². The monoisotopic (exact) mass is 252 g/mol.